The third kappa shape index (κ3) is 2.31. The highest BCUT2D eigenvalue weighted by Crippen LogP contribution is 2.21. The summed E-state index contributed by atoms with van der Waals surface area (Å²) < 4.78 is 0. The standard InChI is InChI=1S/C10H13ClN2/c1-3-10(13-12)8-5-4-7(2)9(11)6-8/h3-6,10,13H,1,12H2,2H3. The highest BCUT2D eigenvalue weighted by atomic mass is 35.5. The molecule has 0 heterocycles. The summed E-state index contributed by atoms with van der Waals surface area (Å²) in [6.07, 6.45) is 1.74. The van der Waals surface area contributed by atoms with Crippen molar-refractivity contribution in [1.29, 1.82) is 0 Å². The summed E-state index contributed by atoms with van der Waals surface area (Å²) in [5, 5.41) is 0.750. The summed E-state index contributed by atoms with van der Waals surface area (Å²) >= 11 is 5.97. The lowest BCUT2D eigenvalue weighted by molar-refractivity contribution is 0.656. The van der Waals surface area contributed by atoms with Crippen LogP contribution in [-0.4, -0.2) is 0 Å². The lowest BCUT2D eigenvalue weighted by Crippen LogP contribution is -2.26. The number of nitrogens with two attached hydrogens (primary N) is 1. The third-order valence-electron chi connectivity index (χ3n) is 1.97. The Morgan fingerprint density at radius 2 is 2.31 bits per heavy atom. The molecule has 1 aromatic rings. The molecule has 0 aliphatic rings. The molecule has 0 saturated carbocycles. The van der Waals surface area contributed by atoms with Gasteiger partial charge in [-0.2, -0.15) is 0 Å². The molecule has 0 fully saturated rings. The lowest BCUT2D eigenvalue weighted by Gasteiger charge is -2.12. The van der Waals surface area contributed by atoms with E-state index in [0.717, 1.165) is 16.1 Å². The van der Waals surface area contributed by atoms with Crippen LogP contribution in [0.5, 0.6) is 0 Å². The maximum atomic E-state index is 5.97. The van der Waals surface area contributed by atoms with Crippen molar-refractivity contribution < 1.29 is 0 Å². The van der Waals surface area contributed by atoms with Crippen LogP contribution in [0.2, 0.25) is 5.02 Å². The zero-order chi connectivity index (χ0) is 9.84. The van der Waals surface area contributed by atoms with E-state index in [1.165, 1.54) is 0 Å². The molecule has 0 aliphatic carbocycles. The van der Waals surface area contributed by atoms with Crippen LogP contribution in [0.3, 0.4) is 0 Å². The van der Waals surface area contributed by atoms with Gasteiger partial charge in [-0.1, -0.05) is 29.8 Å². The number of nitrogens with one attached hydrogen (secondary N) is 1. The van der Waals surface area contributed by atoms with Crippen LogP contribution in [0.25, 0.3) is 0 Å². The van der Waals surface area contributed by atoms with Gasteiger partial charge < -0.3 is 0 Å². The maximum Gasteiger partial charge on any atom is 0.0638 e. The van der Waals surface area contributed by atoms with Crippen molar-refractivity contribution in [3.05, 3.63) is 47.0 Å². The molecule has 3 N–H and O–H groups in total. The van der Waals surface area contributed by atoms with Crippen LogP contribution >= 0.6 is 11.6 Å². The number of hydrazine groups is 1. The fraction of sp³-hybridized carbons (Fsp3) is 0.200. The van der Waals surface area contributed by atoms with Gasteiger partial charge in [-0.25, -0.2) is 5.43 Å². The Bertz CT molecular complexity index is 310. The molecule has 0 saturated heterocycles. The van der Waals surface area contributed by atoms with Crippen molar-refractivity contribution in [3.8, 4) is 0 Å². The van der Waals surface area contributed by atoms with Gasteiger partial charge in [-0.3, -0.25) is 5.84 Å². The molecule has 0 spiro atoms. The molecule has 0 bridgehead atoms. The van der Waals surface area contributed by atoms with E-state index in [9.17, 15) is 0 Å². The summed E-state index contributed by atoms with van der Waals surface area (Å²) in [6, 6.07) is 5.79. The Balaban J connectivity index is 3.01. The third-order valence-corrected chi connectivity index (χ3v) is 2.38. The molecule has 70 valence electrons. The van der Waals surface area contributed by atoms with Crippen molar-refractivity contribution in [2.75, 3.05) is 0 Å². The smallest absolute Gasteiger partial charge is 0.0638 e. The molecular formula is C10H13ClN2. The van der Waals surface area contributed by atoms with Gasteiger partial charge in [0.05, 0.1) is 6.04 Å². The minimum absolute atomic E-state index is 0.0434. The second-order valence-corrected chi connectivity index (χ2v) is 3.30. The highest BCUT2D eigenvalue weighted by molar-refractivity contribution is 6.31. The minimum Gasteiger partial charge on any atom is -0.271 e. The van der Waals surface area contributed by atoms with Crippen LogP contribution in [-0.2, 0) is 0 Å². The summed E-state index contributed by atoms with van der Waals surface area (Å²) in [5.41, 5.74) is 4.72. The van der Waals surface area contributed by atoms with Gasteiger partial charge >= 0.3 is 0 Å². The predicted molar refractivity (Wildman–Crippen MR) is 56.5 cm³/mol. The first kappa shape index (κ1) is 10.3. The zero-order valence-electron chi connectivity index (χ0n) is 7.55. The number of hydrogen-bond donors (Lipinski definition) is 2. The number of benzene rings is 1. The average molecular weight is 197 g/mol. The molecule has 0 aromatic heterocycles. The van der Waals surface area contributed by atoms with E-state index < -0.39 is 0 Å². The van der Waals surface area contributed by atoms with E-state index >= 15 is 0 Å². The Labute approximate surface area is 83.4 Å². The number of hydrogen-bond acceptors (Lipinski definition) is 2. The Morgan fingerprint density at radius 1 is 1.62 bits per heavy atom. The Kier molecular flexibility index (Phi) is 3.48. The molecular weight excluding hydrogens is 184 g/mol. The number of rotatable bonds is 3. The quantitative estimate of drug-likeness (QED) is 0.443. The summed E-state index contributed by atoms with van der Waals surface area (Å²) in [4.78, 5) is 0. The number of aryl methyl sites for hydroxylation is 1. The van der Waals surface area contributed by atoms with E-state index in [-0.39, 0.29) is 6.04 Å². The first-order valence-corrected chi connectivity index (χ1v) is 4.41. The normalized spacial score (nSPS) is 12.5. The topological polar surface area (TPSA) is 38.0 Å². The fourth-order valence-electron chi connectivity index (χ4n) is 1.10. The van der Waals surface area contributed by atoms with Crippen molar-refractivity contribution in [3.63, 3.8) is 0 Å². The molecule has 0 aliphatic heterocycles. The first-order chi connectivity index (χ1) is 6.19. The van der Waals surface area contributed by atoms with Crippen LogP contribution in [0.4, 0.5) is 0 Å². The van der Waals surface area contributed by atoms with E-state index in [2.05, 4.69) is 12.0 Å². The Hall–Kier alpha value is -0.830. The minimum atomic E-state index is -0.0434. The molecule has 1 atom stereocenters. The molecule has 3 heteroatoms. The van der Waals surface area contributed by atoms with Gasteiger partial charge in [0.2, 0.25) is 0 Å². The highest BCUT2D eigenvalue weighted by Gasteiger charge is 2.05. The Morgan fingerprint density at radius 3 is 2.77 bits per heavy atom. The van der Waals surface area contributed by atoms with E-state index in [0.29, 0.717) is 0 Å². The van der Waals surface area contributed by atoms with Gasteiger partial charge in [-0.05, 0) is 24.1 Å². The molecule has 2 nitrogen and oxygen atoms in total. The SMILES string of the molecule is C=CC(NN)c1ccc(C)c(Cl)c1. The number of halogens is 1. The van der Waals surface area contributed by atoms with Crippen molar-refractivity contribution >= 4 is 11.6 Å². The monoisotopic (exact) mass is 196 g/mol. The lowest BCUT2D eigenvalue weighted by atomic mass is 10.1. The van der Waals surface area contributed by atoms with Crippen molar-refractivity contribution in [2.45, 2.75) is 13.0 Å². The average Bonchev–Trinajstić information content (AvgIpc) is 2.13. The molecule has 0 radical (unpaired) electrons. The van der Waals surface area contributed by atoms with E-state index in [4.69, 9.17) is 17.4 Å². The van der Waals surface area contributed by atoms with Crippen LogP contribution in [0.15, 0.2) is 30.9 Å². The molecule has 1 unspecified atom stereocenters. The van der Waals surface area contributed by atoms with E-state index in [1.807, 2.05) is 25.1 Å². The van der Waals surface area contributed by atoms with Crippen LogP contribution < -0.4 is 11.3 Å². The summed E-state index contributed by atoms with van der Waals surface area (Å²) in [5.74, 6) is 5.34. The largest absolute Gasteiger partial charge is 0.271 e. The predicted octanol–water partition coefficient (Wildman–Crippen LogP) is 2.34. The van der Waals surface area contributed by atoms with Crippen LogP contribution in [0, 0.1) is 6.92 Å². The molecule has 1 aromatic carbocycles. The van der Waals surface area contributed by atoms with Gasteiger partial charge in [0.25, 0.3) is 0 Å². The second kappa shape index (κ2) is 4.42. The maximum absolute atomic E-state index is 5.97. The van der Waals surface area contributed by atoms with E-state index in [1.54, 1.807) is 6.08 Å². The second-order valence-electron chi connectivity index (χ2n) is 2.89. The fourth-order valence-corrected chi connectivity index (χ4v) is 1.29. The van der Waals surface area contributed by atoms with Crippen LogP contribution in [0.1, 0.15) is 17.2 Å². The first-order valence-electron chi connectivity index (χ1n) is 4.03. The zero-order valence-corrected chi connectivity index (χ0v) is 8.31. The van der Waals surface area contributed by atoms with Gasteiger partial charge in [0.15, 0.2) is 0 Å². The van der Waals surface area contributed by atoms with Gasteiger partial charge in [-0.15, -0.1) is 6.58 Å². The summed E-state index contributed by atoms with van der Waals surface area (Å²) in [6.45, 7) is 5.64. The van der Waals surface area contributed by atoms with Gasteiger partial charge in [0.1, 0.15) is 0 Å². The summed E-state index contributed by atoms with van der Waals surface area (Å²) in [7, 11) is 0. The molecule has 1 rings (SSSR count). The molecule has 0 amide bonds. The van der Waals surface area contributed by atoms with Gasteiger partial charge in [0, 0.05) is 5.02 Å². The van der Waals surface area contributed by atoms with Crippen molar-refractivity contribution in [2.24, 2.45) is 5.84 Å². The van der Waals surface area contributed by atoms with Crippen molar-refractivity contribution in [1.82, 2.24) is 5.43 Å². The molecule has 13 heavy (non-hydrogen) atoms.